The maximum absolute atomic E-state index is 11.7. The molecule has 5 nitrogen and oxygen atoms in total. The van der Waals surface area contributed by atoms with Gasteiger partial charge < -0.3 is 0 Å². The molecule has 72 valence electrons. The minimum atomic E-state index is -0.141. The quantitative estimate of drug-likeness (QED) is 0.393. The van der Waals surface area contributed by atoms with E-state index in [-0.39, 0.29) is 26.3 Å². The van der Waals surface area contributed by atoms with E-state index in [0.717, 1.165) is 4.26 Å². The molecule has 0 amide bonds. The predicted molar refractivity (Wildman–Crippen MR) is 56.4 cm³/mol. The van der Waals surface area contributed by atoms with Crippen LogP contribution in [-0.4, -0.2) is 24.4 Å². The molecule has 0 saturated carbocycles. The summed E-state index contributed by atoms with van der Waals surface area (Å²) >= 11 is -0.141. The monoisotopic (exact) mass is 256 g/mol. The van der Waals surface area contributed by atoms with Gasteiger partial charge in [0, 0.05) is 0 Å². The van der Waals surface area contributed by atoms with Crippen LogP contribution in [0, 0.1) is 0 Å². The fraction of sp³-hybridized carbons (Fsp3) is 0. The van der Waals surface area contributed by atoms with E-state index in [1.54, 1.807) is 6.07 Å². The van der Waals surface area contributed by atoms with Crippen molar-refractivity contribution in [1.82, 2.24) is 3.67 Å². The first-order valence-corrected chi connectivity index (χ1v) is 5.52. The molecule has 2 rings (SSSR count). The van der Waals surface area contributed by atoms with E-state index in [2.05, 4.69) is 5.10 Å². The Balaban J connectivity index is 2.75. The van der Waals surface area contributed by atoms with Gasteiger partial charge in [-0.25, -0.2) is 0 Å². The van der Waals surface area contributed by atoms with Crippen LogP contribution in [0.1, 0.15) is 0 Å². The number of hydrogen-bond acceptors (Lipinski definition) is 2. The Kier molecular flexibility index (Phi) is 2.15. The number of nitrogens with zero attached hydrogens (tertiary/aromatic N) is 2. The maximum atomic E-state index is 11.7. The number of guanidine groups is 1. The fourth-order valence-electron chi connectivity index (χ4n) is 1.13. The molecule has 1 aromatic heterocycles. The summed E-state index contributed by atoms with van der Waals surface area (Å²) < 4.78 is 2.34. The van der Waals surface area contributed by atoms with Crippen LogP contribution < -0.4 is 17.0 Å². The van der Waals surface area contributed by atoms with E-state index in [1.807, 2.05) is 18.2 Å². The van der Waals surface area contributed by atoms with Gasteiger partial charge in [0.2, 0.25) is 0 Å². The Bertz CT molecular complexity index is 550. The van der Waals surface area contributed by atoms with Crippen LogP contribution in [0.5, 0.6) is 0 Å². The SMILES string of the molecule is NC(N)=Nn1[se]c2ccccc2c1=O. The second kappa shape index (κ2) is 3.32. The molecular formula is C8H8N4OSe. The van der Waals surface area contributed by atoms with Gasteiger partial charge in [-0.3, -0.25) is 0 Å². The van der Waals surface area contributed by atoms with E-state index in [9.17, 15) is 4.79 Å². The second-order valence-corrected chi connectivity index (χ2v) is 4.72. The number of aromatic nitrogens is 1. The van der Waals surface area contributed by atoms with E-state index in [1.165, 1.54) is 3.67 Å². The molecule has 0 saturated heterocycles. The predicted octanol–water partition coefficient (Wildman–Crippen LogP) is -0.905. The minimum absolute atomic E-state index is 0.0898. The molecule has 1 aromatic carbocycles. The third-order valence-corrected chi connectivity index (χ3v) is 3.72. The molecule has 0 radical (unpaired) electrons. The van der Waals surface area contributed by atoms with Gasteiger partial charge in [-0.2, -0.15) is 0 Å². The summed E-state index contributed by atoms with van der Waals surface area (Å²) in [5, 5.41) is 4.45. The molecule has 2 aromatic rings. The summed E-state index contributed by atoms with van der Waals surface area (Å²) in [5.74, 6) is -0.0898. The summed E-state index contributed by atoms with van der Waals surface area (Å²) in [7, 11) is 0. The van der Waals surface area contributed by atoms with Gasteiger partial charge in [0.05, 0.1) is 0 Å². The Morgan fingerprint density at radius 1 is 1.36 bits per heavy atom. The zero-order chi connectivity index (χ0) is 10.1. The summed E-state index contributed by atoms with van der Waals surface area (Å²) in [6.07, 6.45) is 0. The molecule has 6 heteroatoms. The van der Waals surface area contributed by atoms with Gasteiger partial charge in [-0.15, -0.1) is 0 Å². The van der Waals surface area contributed by atoms with Gasteiger partial charge in [0.25, 0.3) is 0 Å². The van der Waals surface area contributed by atoms with Crippen molar-refractivity contribution < 1.29 is 0 Å². The Morgan fingerprint density at radius 2 is 2.07 bits per heavy atom. The number of nitrogens with two attached hydrogens (primary N) is 2. The fourth-order valence-corrected chi connectivity index (χ4v) is 3.01. The number of benzene rings is 1. The Labute approximate surface area is 85.6 Å². The number of fused-ring (bicyclic) bond motifs is 1. The van der Waals surface area contributed by atoms with Gasteiger partial charge in [0.15, 0.2) is 0 Å². The third-order valence-electron chi connectivity index (χ3n) is 1.68. The first kappa shape index (κ1) is 9.05. The average Bonchev–Trinajstić information content (AvgIpc) is 2.44. The summed E-state index contributed by atoms with van der Waals surface area (Å²) in [4.78, 5) is 11.7. The van der Waals surface area contributed by atoms with E-state index >= 15 is 0 Å². The molecule has 4 N–H and O–H groups in total. The summed E-state index contributed by atoms with van der Waals surface area (Å²) in [6.45, 7) is 0. The standard InChI is InChI=1S/C8H8N4OSe/c9-8(10)11-12-7(13)5-3-1-2-4-6(5)14-12/h1-4H,(H4,9,10,11). The van der Waals surface area contributed by atoms with Gasteiger partial charge >= 0.3 is 85.2 Å². The zero-order valence-electron chi connectivity index (χ0n) is 7.18. The van der Waals surface area contributed by atoms with Crippen molar-refractivity contribution in [2.24, 2.45) is 16.6 Å². The van der Waals surface area contributed by atoms with Crippen LogP contribution in [0.2, 0.25) is 0 Å². The van der Waals surface area contributed by atoms with Crippen LogP contribution in [0.4, 0.5) is 0 Å². The zero-order valence-corrected chi connectivity index (χ0v) is 8.89. The van der Waals surface area contributed by atoms with Crippen molar-refractivity contribution in [2.75, 3.05) is 0 Å². The van der Waals surface area contributed by atoms with Crippen molar-refractivity contribution in [3.63, 3.8) is 0 Å². The molecule has 0 fully saturated rings. The number of rotatable bonds is 1. The molecule has 0 spiro atoms. The van der Waals surface area contributed by atoms with E-state index < -0.39 is 0 Å². The molecule has 1 heterocycles. The molecule has 0 atom stereocenters. The van der Waals surface area contributed by atoms with Crippen molar-refractivity contribution in [1.29, 1.82) is 0 Å². The van der Waals surface area contributed by atoms with Crippen LogP contribution in [0.25, 0.3) is 9.65 Å². The van der Waals surface area contributed by atoms with Crippen molar-refractivity contribution in [3.8, 4) is 0 Å². The topological polar surface area (TPSA) is 86.4 Å². The average molecular weight is 255 g/mol. The summed E-state index contributed by atoms with van der Waals surface area (Å²) in [5.41, 5.74) is 10.3. The van der Waals surface area contributed by atoms with E-state index in [0.29, 0.717) is 5.39 Å². The Hall–Kier alpha value is -1.52. The van der Waals surface area contributed by atoms with Crippen LogP contribution in [0.3, 0.4) is 0 Å². The normalized spacial score (nSPS) is 10.3. The van der Waals surface area contributed by atoms with Crippen LogP contribution in [0.15, 0.2) is 34.2 Å². The summed E-state index contributed by atoms with van der Waals surface area (Å²) in [6, 6.07) is 7.41. The molecule has 14 heavy (non-hydrogen) atoms. The number of hydrogen-bond donors (Lipinski definition) is 2. The van der Waals surface area contributed by atoms with Crippen LogP contribution in [-0.2, 0) is 0 Å². The van der Waals surface area contributed by atoms with Crippen molar-refractivity contribution in [2.45, 2.75) is 0 Å². The first-order valence-electron chi connectivity index (χ1n) is 3.89. The van der Waals surface area contributed by atoms with Gasteiger partial charge in [-0.1, -0.05) is 0 Å². The Morgan fingerprint density at radius 3 is 2.71 bits per heavy atom. The van der Waals surface area contributed by atoms with E-state index in [4.69, 9.17) is 11.5 Å². The van der Waals surface area contributed by atoms with Crippen molar-refractivity contribution in [3.05, 3.63) is 34.6 Å². The second-order valence-electron chi connectivity index (χ2n) is 2.69. The molecule has 0 bridgehead atoms. The molecule has 0 aliphatic carbocycles. The molecule has 0 aliphatic heterocycles. The van der Waals surface area contributed by atoms with Crippen LogP contribution >= 0.6 is 0 Å². The van der Waals surface area contributed by atoms with Gasteiger partial charge in [0.1, 0.15) is 0 Å². The van der Waals surface area contributed by atoms with Gasteiger partial charge in [-0.05, 0) is 0 Å². The molecular weight excluding hydrogens is 247 g/mol. The molecule has 0 unspecified atom stereocenters. The first-order chi connectivity index (χ1) is 6.68. The molecule has 0 aliphatic rings. The third kappa shape index (κ3) is 1.45. The van der Waals surface area contributed by atoms with Crippen molar-refractivity contribution >= 4 is 30.3 Å².